The first kappa shape index (κ1) is 12.5. The molecule has 4 nitrogen and oxygen atoms in total. The first-order chi connectivity index (χ1) is 8.69. The zero-order valence-electron chi connectivity index (χ0n) is 10.6. The van der Waals surface area contributed by atoms with Gasteiger partial charge in [0.15, 0.2) is 0 Å². The first-order valence-electron chi connectivity index (χ1n) is 5.62. The maximum absolute atomic E-state index is 10.5. The molecule has 0 aliphatic heterocycles. The molecule has 0 amide bonds. The minimum Gasteiger partial charge on any atom is -0.496 e. The van der Waals surface area contributed by atoms with Crippen molar-refractivity contribution in [1.82, 2.24) is 0 Å². The third kappa shape index (κ3) is 2.07. The number of hydrogen-bond donors (Lipinski definition) is 1. The topological polar surface area (TPSA) is 51.8 Å². The molecule has 1 N–H and O–H groups in total. The minimum absolute atomic E-state index is 0.586. The predicted octanol–water partition coefficient (Wildman–Crippen LogP) is 2.69. The number of aryl methyl sites for hydroxylation is 1. The molecule has 96 valence electrons. The number of aliphatic hydroxyl groups is 1. The second kappa shape index (κ2) is 5.14. The Balaban J connectivity index is 2.52. The van der Waals surface area contributed by atoms with E-state index in [4.69, 9.17) is 13.9 Å². The van der Waals surface area contributed by atoms with Crippen LogP contribution in [0.2, 0.25) is 0 Å². The van der Waals surface area contributed by atoms with Crippen molar-refractivity contribution < 1.29 is 19.0 Å². The molecule has 0 fully saturated rings. The number of aliphatic hydroxyl groups excluding tert-OH is 1. The summed E-state index contributed by atoms with van der Waals surface area (Å²) in [6, 6.07) is 7.13. The lowest BCUT2D eigenvalue weighted by Crippen LogP contribution is -2.05. The van der Waals surface area contributed by atoms with Gasteiger partial charge in [-0.15, -0.1) is 0 Å². The van der Waals surface area contributed by atoms with Gasteiger partial charge in [-0.25, -0.2) is 0 Å². The van der Waals surface area contributed by atoms with E-state index in [1.807, 2.05) is 6.07 Å². The van der Waals surface area contributed by atoms with Gasteiger partial charge < -0.3 is 19.0 Å². The van der Waals surface area contributed by atoms with Crippen LogP contribution in [-0.2, 0) is 0 Å². The smallest absolute Gasteiger partial charge is 0.128 e. The fourth-order valence-electron chi connectivity index (χ4n) is 1.98. The maximum Gasteiger partial charge on any atom is 0.128 e. The molecule has 1 atom stereocenters. The van der Waals surface area contributed by atoms with Gasteiger partial charge in [-0.05, 0) is 25.1 Å². The average molecular weight is 248 g/mol. The number of rotatable bonds is 4. The van der Waals surface area contributed by atoms with Crippen molar-refractivity contribution in [3.05, 3.63) is 47.4 Å². The van der Waals surface area contributed by atoms with Crippen molar-refractivity contribution in [2.75, 3.05) is 14.2 Å². The normalized spacial score (nSPS) is 12.2. The summed E-state index contributed by atoms with van der Waals surface area (Å²) in [5, 5.41) is 10.5. The highest BCUT2D eigenvalue weighted by molar-refractivity contribution is 5.49. The SMILES string of the molecule is COc1cccc(OC)c1C(O)c1ccoc1C. The molecule has 2 aromatic rings. The van der Waals surface area contributed by atoms with Crippen molar-refractivity contribution in [3.8, 4) is 11.5 Å². The fraction of sp³-hybridized carbons (Fsp3) is 0.286. The molecule has 1 unspecified atom stereocenters. The molecular formula is C14H16O4. The standard InChI is InChI=1S/C14H16O4/c1-9-10(7-8-18-9)14(15)13-11(16-2)5-4-6-12(13)17-3/h4-8,14-15H,1-3H3. The summed E-state index contributed by atoms with van der Waals surface area (Å²) in [4.78, 5) is 0. The Morgan fingerprint density at radius 1 is 1.11 bits per heavy atom. The van der Waals surface area contributed by atoms with Gasteiger partial charge in [-0.1, -0.05) is 6.07 Å². The van der Waals surface area contributed by atoms with E-state index in [-0.39, 0.29) is 0 Å². The quantitative estimate of drug-likeness (QED) is 0.903. The van der Waals surface area contributed by atoms with E-state index >= 15 is 0 Å². The Hall–Kier alpha value is -1.94. The number of benzene rings is 1. The molecule has 0 spiro atoms. The largest absolute Gasteiger partial charge is 0.496 e. The van der Waals surface area contributed by atoms with E-state index in [2.05, 4.69) is 0 Å². The van der Waals surface area contributed by atoms with Crippen LogP contribution in [0, 0.1) is 6.92 Å². The molecule has 4 heteroatoms. The maximum atomic E-state index is 10.5. The summed E-state index contributed by atoms with van der Waals surface area (Å²) < 4.78 is 15.8. The van der Waals surface area contributed by atoms with Gasteiger partial charge in [-0.3, -0.25) is 0 Å². The van der Waals surface area contributed by atoms with E-state index < -0.39 is 6.10 Å². The van der Waals surface area contributed by atoms with Gasteiger partial charge in [0.1, 0.15) is 23.4 Å². The third-order valence-electron chi connectivity index (χ3n) is 2.93. The summed E-state index contributed by atoms with van der Waals surface area (Å²) in [5.74, 6) is 1.85. The fourth-order valence-corrected chi connectivity index (χ4v) is 1.98. The van der Waals surface area contributed by atoms with Crippen molar-refractivity contribution in [2.24, 2.45) is 0 Å². The van der Waals surface area contributed by atoms with Crippen LogP contribution in [-0.4, -0.2) is 19.3 Å². The van der Waals surface area contributed by atoms with Crippen LogP contribution < -0.4 is 9.47 Å². The van der Waals surface area contributed by atoms with Gasteiger partial charge in [0.05, 0.1) is 26.0 Å². The highest BCUT2D eigenvalue weighted by Crippen LogP contribution is 2.38. The summed E-state index contributed by atoms with van der Waals surface area (Å²) in [6.07, 6.45) is 0.713. The Labute approximate surface area is 106 Å². The van der Waals surface area contributed by atoms with Gasteiger partial charge in [0.2, 0.25) is 0 Å². The summed E-state index contributed by atoms with van der Waals surface area (Å²) in [6.45, 7) is 1.81. The number of methoxy groups -OCH3 is 2. The second-order valence-corrected chi connectivity index (χ2v) is 3.91. The molecule has 1 heterocycles. The number of ether oxygens (including phenoxy) is 2. The van der Waals surface area contributed by atoms with Crippen LogP contribution in [0.3, 0.4) is 0 Å². The Morgan fingerprint density at radius 3 is 2.17 bits per heavy atom. The zero-order valence-corrected chi connectivity index (χ0v) is 10.6. The van der Waals surface area contributed by atoms with E-state index in [1.54, 1.807) is 45.6 Å². The number of hydrogen-bond acceptors (Lipinski definition) is 4. The third-order valence-corrected chi connectivity index (χ3v) is 2.93. The highest BCUT2D eigenvalue weighted by atomic mass is 16.5. The monoisotopic (exact) mass is 248 g/mol. The Bertz CT molecular complexity index is 508. The van der Waals surface area contributed by atoms with E-state index in [0.29, 0.717) is 28.4 Å². The Morgan fingerprint density at radius 2 is 1.72 bits per heavy atom. The van der Waals surface area contributed by atoms with Gasteiger partial charge in [0.25, 0.3) is 0 Å². The van der Waals surface area contributed by atoms with E-state index in [9.17, 15) is 5.11 Å². The summed E-state index contributed by atoms with van der Waals surface area (Å²) >= 11 is 0. The van der Waals surface area contributed by atoms with Gasteiger partial charge in [-0.2, -0.15) is 0 Å². The van der Waals surface area contributed by atoms with Gasteiger partial charge >= 0.3 is 0 Å². The van der Waals surface area contributed by atoms with Crippen LogP contribution in [0.15, 0.2) is 34.9 Å². The molecule has 0 radical (unpaired) electrons. The van der Waals surface area contributed by atoms with E-state index in [0.717, 1.165) is 0 Å². The number of furan rings is 1. The van der Waals surface area contributed by atoms with Crippen LogP contribution in [0.25, 0.3) is 0 Å². The lowest BCUT2D eigenvalue weighted by atomic mass is 10.00. The lowest BCUT2D eigenvalue weighted by molar-refractivity contribution is 0.206. The molecule has 18 heavy (non-hydrogen) atoms. The Kier molecular flexibility index (Phi) is 3.58. The van der Waals surface area contributed by atoms with Crippen LogP contribution in [0.5, 0.6) is 11.5 Å². The minimum atomic E-state index is -0.838. The molecular weight excluding hydrogens is 232 g/mol. The molecule has 0 saturated heterocycles. The average Bonchev–Trinajstić information content (AvgIpc) is 2.83. The predicted molar refractivity (Wildman–Crippen MR) is 67.1 cm³/mol. The molecule has 1 aromatic carbocycles. The van der Waals surface area contributed by atoms with Crippen molar-refractivity contribution >= 4 is 0 Å². The van der Waals surface area contributed by atoms with E-state index in [1.165, 1.54) is 0 Å². The second-order valence-electron chi connectivity index (χ2n) is 3.91. The van der Waals surface area contributed by atoms with Gasteiger partial charge in [0, 0.05) is 5.56 Å². The summed E-state index contributed by atoms with van der Waals surface area (Å²) in [5.41, 5.74) is 1.31. The molecule has 0 bridgehead atoms. The lowest BCUT2D eigenvalue weighted by Gasteiger charge is -2.17. The highest BCUT2D eigenvalue weighted by Gasteiger charge is 2.22. The molecule has 1 aromatic heterocycles. The first-order valence-corrected chi connectivity index (χ1v) is 5.62. The van der Waals surface area contributed by atoms with Crippen molar-refractivity contribution in [1.29, 1.82) is 0 Å². The van der Waals surface area contributed by atoms with Crippen LogP contribution in [0.4, 0.5) is 0 Å². The van der Waals surface area contributed by atoms with Crippen LogP contribution in [0.1, 0.15) is 23.0 Å². The molecule has 0 aliphatic rings. The molecule has 0 aliphatic carbocycles. The van der Waals surface area contributed by atoms with Crippen molar-refractivity contribution in [2.45, 2.75) is 13.0 Å². The van der Waals surface area contributed by atoms with Crippen molar-refractivity contribution in [3.63, 3.8) is 0 Å². The molecule has 2 rings (SSSR count). The zero-order chi connectivity index (χ0) is 13.1. The summed E-state index contributed by atoms with van der Waals surface area (Å²) in [7, 11) is 3.13. The van der Waals surface area contributed by atoms with Crippen LogP contribution >= 0.6 is 0 Å². The molecule has 0 saturated carbocycles.